The minimum atomic E-state index is 0.820. The van der Waals surface area contributed by atoms with E-state index in [1.807, 2.05) is 53.6 Å². The standard InChI is InChI=1S/C13H11NO/c1-2-7-12(8-3-1)14-10-11-6-4-5-9-13(11)15-14/h1-9H,10H2. The highest BCUT2D eigenvalue weighted by Gasteiger charge is 2.19. The molecule has 1 aliphatic heterocycles. The van der Waals surface area contributed by atoms with Crippen LogP contribution in [0.1, 0.15) is 5.56 Å². The number of rotatable bonds is 1. The van der Waals surface area contributed by atoms with Crippen molar-refractivity contribution < 1.29 is 4.84 Å². The van der Waals surface area contributed by atoms with E-state index >= 15 is 0 Å². The molecular formula is C13H11NO. The molecule has 0 fully saturated rings. The molecule has 0 aliphatic carbocycles. The van der Waals surface area contributed by atoms with Crippen molar-refractivity contribution in [3.63, 3.8) is 0 Å². The Morgan fingerprint density at radius 1 is 0.867 bits per heavy atom. The van der Waals surface area contributed by atoms with Gasteiger partial charge in [-0.15, -0.1) is 0 Å². The minimum Gasteiger partial charge on any atom is -0.379 e. The van der Waals surface area contributed by atoms with E-state index < -0.39 is 0 Å². The van der Waals surface area contributed by atoms with E-state index in [1.54, 1.807) is 0 Å². The van der Waals surface area contributed by atoms with Crippen LogP contribution >= 0.6 is 0 Å². The zero-order valence-corrected chi connectivity index (χ0v) is 8.26. The van der Waals surface area contributed by atoms with Gasteiger partial charge in [0.15, 0.2) is 5.75 Å². The molecule has 2 heteroatoms. The molecule has 0 aromatic heterocycles. The number of hydrogen-bond acceptors (Lipinski definition) is 2. The molecule has 0 N–H and O–H groups in total. The van der Waals surface area contributed by atoms with Crippen molar-refractivity contribution in [2.75, 3.05) is 5.06 Å². The molecular weight excluding hydrogens is 186 g/mol. The lowest BCUT2D eigenvalue weighted by Gasteiger charge is -2.15. The van der Waals surface area contributed by atoms with Crippen LogP contribution in [0.25, 0.3) is 0 Å². The number of benzene rings is 2. The van der Waals surface area contributed by atoms with Crippen molar-refractivity contribution in [2.24, 2.45) is 0 Å². The van der Waals surface area contributed by atoms with Crippen molar-refractivity contribution in [1.29, 1.82) is 0 Å². The van der Waals surface area contributed by atoms with Gasteiger partial charge in [0.05, 0.1) is 12.2 Å². The van der Waals surface area contributed by atoms with E-state index in [0.29, 0.717) is 0 Å². The van der Waals surface area contributed by atoms with Crippen LogP contribution in [0.15, 0.2) is 54.6 Å². The smallest absolute Gasteiger partial charge is 0.160 e. The van der Waals surface area contributed by atoms with Crippen LogP contribution in [0.2, 0.25) is 0 Å². The Labute approximate surface area is 88.7 Å². The highest BCUT2D eigenvalue weighted by Crippen LogP contribution is 2.30. The van der Waals surface area contributed by atoms with E-state index in [9.17, 15) is 0 Å². The fourth-order valence-corrected chi connectivity index (χ4v) is 1.77. The van der Waals surface area contributed by atoms with Gasteiger partial charge < -0.3 is 4.84 Å². The molecule has 74 valence electrons. The summed E-state index contributed by atoms with van der Waals surface area (Å²) in [7, 11) is 0. The number of anilines is 1. The molecule has 0 unspecified atom stereocenters. The Kier molecular flexibility index (Phi) is 1.85. The molecule has 0 atom stereocenters. The number of fused-ring (bicyclic) bond motifs is 1. The van der Waals surface area contributed by atoms with Crippen LogP contribution in [-0.2, 0) is 6.54 Å². The molecule has 2 nitrogen and oxygen atoms in total. The third-order valence-electron chi connectivity index (χ3n) is 2.54. The minimum absolute atomic E-state index is 0.820. The van der Waals surface area contributed by atoms with E-state index in [0.717, 1.165) is 18.0 Å². The van der Waals surface area contributed by atoms with Gasteiger partial charge in [0.25, 0.3) is 0 Å². The van der Waals surface area contributed by atoms with Crippen molar-refractivity contribution >= 4 is 5.69 Å². The second-order valence-corrected chi connectivity index (χ2v) is 3.57. The van der Waals surface area contributed by atoms with Crippen LogP contribution in [0.4, 0.5) is 5.69 Å². The Balaban J connectivity index is 1.91. The summed E-state index contributed by atoms with van der Waals surface area (Å²) < 4.78 is 0. The van der Waals surface area contributed by atoms with E-state index in [2.05, 4.69) is 6.07 Å². The van der Waals surface area contributed by atoms with Crippen LogP contribution in [-0.4, -0.2) is 0 Å². The number of hydroxylamine groups is 1. The molecule has 1 aliphatic rings. The summed E-state index contributed by atoms with van der Waals surface area (Å²) in [5, 5.41) is 1.91. The molecule has 2 aromatic rings. The van der Waals surface area contributed by atoms with Crippen molar-refractivity contribution in [3.05, 3.63) is 60.2 Å². The zero-order chi connectivity index (χ0) is 10.1. The van der Waals surface area contributed by atoms with Gasteiger partial charge in [0.1, 0.15) is 0 Å². The van der Waals surface area contributed by atoms with Crippen LogP contribution < -0.4 is 9.90 Å². The lowest BCUT2D eigenvalue weighted by molar-refractivity contribution is 0.308. The molecule has 0 spiro atoms. The molecule has 0 bridgehead atoms. The maximum atomic E-state index is 5.73. The summed E-state index contributed by atoms with van der Waals surface area (Å²) in [6.07, 6.45) is 0. The molecule has 3 rings (SSSR count). The average Bonchev–Trinajstić information content (AvgIpc) is 2.74. The van der Waals surface area contributed by atoms with Gasteiger partial charge in [-0.25, -0.2) is 5.06 Å². The van der Waals surface area contributed by atoms with Crippen molar-refractivity contribution in [2.45, 2.75) is 6.54 Å². The van der Waals surface area contributed by atoms with Crippen LogP contribution in [0, 0.1) is 0 Å². The summed E-state index contributed by atoms with van der Waals surface area (Å²) in [6.45, 7) is 0.820. The van der Waals surface area contributed by atoms with E-state index in [-0.39, 0.29) is 0 Å². The van der Waals surface area contributed by atoms with Gasteiger partial charge >= 0.3 is 0 Å². The molecule has 0 amide bonds. The highest BCUT2D eigenvalue weighted by atomic mass is 16.7. The molecule has 1 heterocycles. The first-order valence-corrected chi connectivity index (χ1v) is 5.02. The monoisotopic (exact) mass is 197 g/mol. The number of para-hydroxylation sites is 2. The summed E-state index contributed by atoms with van der Waals surface area (Å²) in [5.74, 6) is 0.960. The molecule has 0 saturated carbocycles. The first-order chi connectivity index (χ1) is 7.43. The second-order valence-electron chi connectivity index (χ2n) is 3.57. The fraction of sp³-hybridized carbons (Fsp3) is 0.0769. The van der Waals surface area contributed by atoms with Crippen molar-refractivity contribution in [3.8, 4) is 5.75 Å². The summed E-state index contributed by atoms with van der Waals surface area (Å²) in [5.41, 5.74) is 2.33. The number of hydrogen-bond donors (Lipinski definition) is 0. The van der Waals surface area contributed by atoms with E-state index in [1.165, 1.54) is 5.56 Å². The fourth-order valence-electron chi connectivity index (χ4n) is 1.77. The quantitative estimate of drug-likeness (QED) is 0.696. The lowest BCUT2D eigenvalue weighted by Crippen LogP contribution is -2.19. The average molecular weight is 197 g/mol. The van der Waals surface area contributed by atoms with Crippen LogP contribution in [0.3, 0.4) is 0 Å². The van der Waals surface area contributed by atoms with Gasteiger partial charge in [-0.1, -0.05) is 36.4 Å². The summed E-state index contributed by atoms with van der Waals surface area (Å²) >= 11 is 0. The largest absolute Gasteiger partial charge is 0.379 e. The second kappa shape index (κ2) is 3.31. The van der Waals surface area contributed by atoms with Gasteiger partial charge in [-0.3, -0.25) is 0 Å². The van der Waals surface area contributed by atoms with Crippen molar-refractivity contribution in [1.82, 2.24) is 0 Å². The van der Waals surface area contributed by atoms with Gasteiger partial charge in [0, 0.05) is 5.56 Å². The third kappa shape index (κ3) is 1.44. The first-order valence-electron chi connectivity index (χ1n) is 5.02. The topological polar surface area (TPSA) is 12.5 Å². The zero-order valence-electron chi connectivity index (χ0n) is 8.26. The summed E-state index contributed by atoms with van der Waals surface area (Å²) in [4.78, 5) is 5.73. The first kappa shape index (κ1) is 8.36. The third-order valence-corrected chi connectivity index (χ3v) is 2.54. The summed E-state index contributed by atoms with van der Waals surface area (Å²) in [6, 6.07) is 18.3. The molecule has 0 radical (unpaired) electrons. The predicted molar refractivity (Wildman–Crippen MR) is 59.7 cm³/mol. The normalized spacial score (nSPS) is 13.5. The molecule has 2 aromatic carbocycles. The highest BCUT2D eigenvalue weighted by molar-refractivity contribution is 5.50. The van der Waals surface area contributed by atoms with Gasteiger partial charge in [0.2, 0.25) is 0 Å². The van der Waals surface area contributed by atoms with Crippen LogP contribution in [0.5, 0.6) is 5.75 Å². The SMILES string of the molecule is c1ccc(N2Cc3ccccc3O2)cc1. The maximum Gasteiger partial charge on any atom is 0.160 e. The van der Waals surface area contributed by atoms with E-state index in [4.69, 9.17) is 4.84 Å². The molecule has 15 heavy (non-hydrogen) atoms. The maximum absolute atomic E-state index is 5.73. The molecule has 0 saturated heterocycles. The Hall–Kier alpha value is -1.96. The Morgan fingerprint density at radius 3 is 2.40 bits per heavy atom. The Morgan fingerprint density at radius 2 is 1.60 bits per heavy atom. The predicted octanol–water partition coefficient (Wildman–Crippen LogP) is 3.00. The number of nitrogens with zero attached hydrogens (tertiary/aromatic N) is 1. The Bertz CT molecular complexity index is 442. The lowest BCUT2D eigenvalue weighted by atomic mass is 10.2. The van der Waals surface area contributed by atoms with Gasteiger partial charge in [-0.05, 0) is 18.2 Å². The van der Waals surface area contributed by atoms with Gasteiger partial charge in [-0.2, -0.15) is 0 Å².